The van der Waals surface area contributed by atoms with E-state index in [4.69, 9.17) is 24.8 Å². The molecule has 300 valence electrons. The van der Waals surface area contributed by atoms with Gasteiger partial charge < -0.3 is 25.2 Å². The molecule has 0 rings (SSSR count). The van der Waals surface area contributed by atoms with Gasteiger partial charge in [-0.25, -0.2) is 4.57 Å². The van der Waals surface area contributed by atoms with Crippen molar-refractivity contribution >= 4 is 25.7 Å². The second kappa shape index (κ2) is 35.3. The summed E-state index contributed by atoms with van der Waals surface area (Å²) < 4.78 is 32.6. The van der Waals surface area contributed by atoms with Gasteiger partial charge in [0.2, 0.25) is 0 Å². The van der Waals surface area contributed by atoms with E-state index < -0.39 is 51.1 Å². The smallest absolute Gasteiger partial charge is 0.472 e. The van der Waals surface area contributed by atoms with Gasteiger partial charge in [-0.15, -0.1) is 0 Å². The molecule has 0 spiro atoms. The third-order valence-electron chi connectivity index (χ3n) is 8.76. The minimum Gasteiger partial charge on any atom is -0.480 e. The number of nitrogens with two attached hydrogens (primary N) is 1. The van der Waals surface area contributed by atoms with Gasteiger partial charge in [-0.3, -0.25) is 23.4 Å². The van der Waals surface area contributed by atoms with Crippen LogP contribution in [0.15, 0.2) is 12.2 Å². The highest BCUT2D eigenvalue weighted by molar-refractivity contribution is 7.47. The Labute approximate surface area is 309 Å². The van der Waals surface area contributed by atoms with Gasteiger partial charge in [0.15, 0.2) is 6.10 Å². The normalized spacial score (nSPS) is 14.0. The number of hydrogen-bond acceptors (Lipinski definition) is 9. The van der Waals surface area contributed by atoms with E-state index >= 15 is 0 Å². The Balaban J connectivity index is 4.41. The van der Waals surface area contributed by atoms with Crippen LogP contribution in [0.4, 0.5) is 0 Å². The molecular formula is C39H74NO10P. The van der Waals surface area contributed by atoms with E-state index in [0.29, 0.717) is 12.8 Å². The van der Waals surface area contributed by atoms with Gasteiger partial charge in [0.25, 0.3) is 0 Å². The first-order chi connectivity index (χ1) is 24.6. The van der Waals surface area contributed by atoms with Crippen molar-refractivity contribution in [2.75, 3.05) is 19.8 Å². The van der Waals surface area contributed by atoms with Crippen molar-refractivity contribution in [1.29, 1.82) is 0 Å². The van der Waals surface area contributed by atoms with Gasteiger partial charge in [0, 0.05) is 12.8 Å². The zero-order chi connectivity index (χ0) is 37.8. The van der Waals surface area contributed by atoms with Crippen LogP contribution in [0.25, 0.3) is 0 Å². The molecule has 0 saturated carbocycles. The fourth-order valence-corrected chi connectivity index (χ4v) is 6.31. The van der Waals surface area contributed by atoms with E-state index in [0.717, 1.165) is 44.9 Å². The van der Waals surface area contributed by atoms with Gasteiger partial charge in [-0.2, -0.15) is 0 Å². The average Bonchev–Trinajstić information content (AvgIpc) is 3.10. The number of allylic oxidation sites excluding steroid dienone is 2. The van der Waals surface area contributed by atoms with Gasteiger partial charge >= 0.3 is 25.7 Å². The number of unbranched alkanes of at least 4 members (excludes halogenated alkanes) is 22. The highest BCUT2D eigenvalue weighted by Crippen LogP contribution is 2.43. The van der Waals surface area contributed by atoms with Gasteiger partial charge in [-0.1, -0.05) is 148 Å². The Morgan fingerprint density at radius 1 is 0.588 bits per heavy atom. The van der Waals surface area contributed by atoms with Crippen molar-refractivity contribution in [3.63, 3.8) is 0 Å². The van der Waals surface area contributed by atoms with Crippen molar-refractivity contribution in [2.24, 2.45) is 5.73 Å². The quantitative estimate of drug-likeness (QED) is 0.0237. The molecule has 0 aromatic heterocycles. The van der Waals surface area contributed by atoms with E-state index in [1.807, 2.05) is 0 Å². The number of esters is 2. The number of carboxylic acid groups (broad SMARTS) is 1. The summed E-state index contributed by atoms with van der Waals surface area (Å²) in [6.45, 7) is 2.78. The standard InChI is InChI=1S/C39H74NO10P/c1-3-5-7-9-11-13-15-17-19-21-23-25-27-29-31-38(42)50-35(33-48-51(45,46)49-34-36(40)39(43)44)32-47-37(41)30-28-26-24-22-20-18-16-14-12-10-8-6-4-2/h18,20,35-36H,3-17,19,21-34,40H2,1-2H3,(H,43,44)(H,45,46)/b20-18+/t35-,36+/m1/s1. The van der Waals surface area contributed by atoms with Gasteiger partial charge in [0.1, 0.15) is 12.6 Å². The van der Waals surface area contributed by atoms with Crippen LogP contribution in [0.3, 0.4) is 0 Å². The number of phosphoric ester groups is 1. The molecule has 3 atom stereocenters. The zero-order valence-electron chi connectivity index (χ0n) is 32.2. The number of carbonyl (C=O) groups is 3. The third-order valence-corrected chi connectivity index (χ3v) is 9.71. The largest absolute Gasteiger partial charge is 0.480 e. The molecule has 0 aromatic rings. The first-order valence-electron chi connectivity index (χ1n) is 20.2. The first-order valence-corrected chi connectivity index (χ1v) is 21.7. The summed E-state index contributed by atoms with van der Waals surface area (Å²) >= 11 is 0. The van der Waals surface area contributed by atoms with Gasteiger partial charge in [-0.05, 0) is 38.5 Å². The fraction of sp³-hybridized carbons (Fsp3) is 0.872. The maximum absolute atomic E-state index is 12.6. The van der Waals surface area contributed by atoms with Crippen molar-refractivity contribution in [1.82, 2.24) is 0 Å². The minimum absolute atomic E-state index is 0.163. The molecule has 4 N–H and O–H groups in total. The summed E-state index contributed by atoms with van der Waals surface area (Å²) in [5.74, 6) is -2.39. The number of carbonyl (C=O) groups excluding carboxylic acids is 2. The highest BCUT2D eigenvalue weighted by atomic mass is 31.2. The number of hydrogen-bond donors (Lipinski definition) is 3. The van der Waals surface area contributed by atoms with Crippen LogP contribution in [0.1, 0.15) is 187 Å². The molecule has 12 heteroatoms. The first kappa shape index (κ1) is 49.2. The number of phosphoric acid groups is 1. The van der Waals surface area contributed by atoms with Crippen molar-refractivity contribution < 1.29 is 47.5 Å². The zero-order valence-corrected chi connectivity index (χ0v) is 33.1. The third kappa shape index (κ3) is 35.0. The molecule has 11 nitrogen and oxygen atoms in total. The van der Waals surface area contributed by atoms with Crippen LogP contribution in [-0.4, -0.2) is 59.9 Å². The summed E-state index contributed by atoms with van der Waals surface area (Å²) in [6, 6.07) is -1.52. The van der Waals surface area contributed by atoms with Crippen molar-refractivity contribution in [3.8, 4) is 0 Å². The average molecular weight is 748 g/mol. The fourth-order valence-electron chi connectivity index (χ4n) is 5.53. The Bertz CT molecular complexity index is 932. The second-order valence-electron chi connectivity index (χ2n) is 13.8. The van der Waals surface area contributed by atoms with E-state index in [9.17, 15) is 23.8 Å². The van der Waals surface area contributed by atoms with Gasteiger partial charge in [0.05, 0.1) is 13.2 Å². The molecule has 0 aliphatic rings. The lowest BCUT2D eigenvalue weighted by Gasteiger charge is -2.20. The van der Waals surface area contributed by atoms with Crippen LogP contribution < -0.4 is 5.73 Å². The molecule has 0 amide bonds. The molecule has 0 saturated heterocycles. The molecule has 0 heterocycles. The van der Waals surface area contributed by atoms with E-state index in [1.165, 1.54) is 103 Å². The number of rotatable bonds is 38. The Morgan fingerprint density at radius 3 is 1.45 bits per heavy atom. The van der Waals surface area contributed by atoms with Crippen LogP contribution in [0.5, 0.6) is 0 Å². The van der Waals surface area contributed by atoms with Crippen molar-refractivity contribution in [3.05, 3.63) is 12.2 Å². The number of ether oxygens (including phenoxy) is 2. The Kier molecular flexibility index (Phi) is 34.0. The van der Waals surface area contributed by atoms with E-state index in [1.54, 1.807) is 0 Å². The Morgan fingerprint density at radius 2 is 0.980 bits per heavy atom. The predicted octanol–water partition coefficient (Wildman–Crippen LogP) is 10.1. The second-order valence-corrected chi connectivity index (χ2v) is 15.2. The summed E-state index contributed by atoms with van der Waals surface area (Å²) in [5, 5.41) is 8.86. The molecule has 0 bridgehead atoms. The lowest BCUT2D eigenvalue weighted by molar-refractivity contribution is -0.161. The number of carboxylic acids is 1. The summed E-state index contributed by atoms with van der Waals surface area (Å²) in [5.41, 5.74) is 5.32. The summed E-state index contributed by atoms with van der Waals surface area (Å²) in [4.78, 5) is 45.8. The van der Waals surface area contributed by atoms with Crippen LogP contribution in [-0.2, 0) is 37.5 Å². The molecule has 1 unspecified atom stereocenters. The Hall–Kier alpha value is -1.78. The molecule has 51 heavy (non-hydrogen) atoms. The SMILES string of the molecule is CCCCCCCC/C=C/CCCCCC(=O)OC[C@H](COP(=O)(O)OC[C@H](N)C(=O)O)OC(=O)CCCCCCCCCCCCCCCC. The maximum atomic E-state index is 12.6. The lowest BCUT2D eigenvalue weighted by Crippen LogP contribution is -2.34. The monoisotopic (exact) mass is 748 g/mol. The summed E-state index contributed by atoms with van der Waals surface area (Å²) in [7, 11) is -4.71. The molecule has 0 aliphatic heterocycles. The molecule has 0 aliphatic carbocycles. The van der Waals surface area contributed by atoms with E-state index in [-0.39, 0.29) is 19.4 Å². The maximum Gasteiger partial charge on any atom is 0.472 e. The van der Waals surface area contributed by atoms with E-state index in [2.05, 4.69) is 30.5 Å². The molecular weight excluding hydrogens is 673 g/mol. The van der Waals surface area contributed by atoms with Crippen molar-refractivity contribution in [2.45, 2.75) is 199 Å². The summed E-state index contributed by atoms with van der Waals surface area (Å²) in [6.07, 6.45) is 32.8. The molecule has 0 aromatic carbocycles. The highest BCUT2D eigenvalue weighted by Gasteiger charge is 2.28. The minimum atomic E-state index is -4.71. The number of aliphatic carboxylic acids is 1. The predicted molar refractivity (Wildman–Crippen MR) is 203 cm³/mol. The van der Waals surface area contributed by atoms with Crippen LogP contribution in [0, 0.1) is 0 Å². The molecule has 0 fully saturated rings. The van der Waals surface area contributed by atoms with Crippen LogP contribution >= 0.6 is 7.82 Å². The molecule has 0 radical (unpaired) electrons. The van der Waals surface area contributed by atoms with Crippen LogP contribution in [0.2, 0.25) is 0 Å². The lowest BCUT2D eigenvalue weighted by atomic mass is 10.0. The topological polar surface area (TPSA) is 172 Å².